The number of benzene rings is 1. The number of hydrogen-bond donors (Lipinski definition) is 1. The molecule has 25 heavy (non-hydrogen) atoms. The Morgan fingerprint density at radius 2 is 2.16 bits per heavy atom. The molecule has 0 radical (unpaired) electrons. The van der Waals surface area contributed by atoms with Gasteiger partial charge in [-0.25, -0.2) is 0 Å². The predicted molar refractivity (Wildman–Crippen MR) is 96.3 cm³/mol. The second-order valence-corrected chi connectivity index (χ2v) is 6.32. The molecule has 1 N–H and O–H groups in total. The molecule has 0 aliphatic carbocycles. The van der Waals surface area contributed by atoms with Crippen LogP contribution in [0.15, 0.2) is 18.2 Å². The van der Waals surface area contributed by atoms with Crippen LogP contribution in [-0.2, 0) is 4.79 Å². The first-order valence-corrected chi connectivity index (χ1v) is 8.33. The lowest BCUT2D eigenvalue weighted by atomic mass is 9.94. The molecule has 7 heteroatoms. The Labute approximate surface area is 154 Å². The van der Waals surface area contributed by atoms with Gasteiger partial charge in [0.2, 0.25) is 5.91 Å². The maximum Gasteiger partial charge on any atom is 0.240 e. The number of nitrogens with one attached hydrogen (secondary N) is 1. The van der Waals surface area contributed by atoms with Crippen molar-refractivity contribution in [2.45, 2.75) is 37.3 Å². The van der Waals surface area contributed by atoms with Crippen molar-refractivity contribution in [1.82, 2.24) is 10.2 Å². The van der Waals surface area contributed by atoms with Gasteiger partial charge in [-0.2, -0.15) is 5.26 Å². The van der Waals surface area contributed by atoms with Crippen LogP contribution in [-0.4, -0.2) is 50.2 Å². The van der Waals surface area contributed by atoms with Gasteiger partial charge in [0.25, 0.3) is 0 Å². The van der Waals surface area contributed by atoms with E-state index in [-0.39, 0.29) is 36.3 Å². The molecule has 1 aromatic rings. The third-order valence-corrected chi connectivity index (χ3v) is 4.99. The van der Waals surface area contributed by atoms with Crippen LogP contribution in [0.1, 0.15) is 30.7 Å². The molecule has 0 unspecified atom stereocenters. The largest absolute Gasteiger partial charge is 0.497 e. The number of likely N-dealkylation sites (tertiary alicyclic amines) is 1. The predicted octanol–water partition coefficient (Wildman–Crippen LogP) is 2.09. The van der Waals surface area contributed by atoms with E-state index in [0.717, 1.165) is 29.9 Å². The minimum Gasteiger partial charge on any atom is -0.497 e. The summed E-state index contributed by atoms with van der Waals surface area (Å²) in [5.41, 5.74) is 1.05. The maximum atomic E-state index is 12.7. The molecule has 0 saturated carbocycles. The van der Waals surface area contributed by atoms with Crippen molar-refractivity contribution in [1.29, 1.82) is 5.26 Å². The van der Waals surface area contributed by atoms with Crippen LogP contribution >= 0.6 is 12.4 Å². The molecule has 136 valence electrons. The number of halogens is 1. The van der Waals surface area contributed by atoms with E-state index in [1.165, 1.54) is 0 Å². The highest BCUT2D eigenvalue weighted by Crippen LogP contribution is 2.36. The SMILES string of the molecule is COc1ccc(OC)c([C@@H]2CN[C@H](C(=O)N3CCC[C@H]3C#N)C2)c1.Cl. The van der Waals surface area contributed by atoms with Gasteiger partial charge in [-0.3, -0.25) is 4.79 Å². The lowest BCUT2D eigenvalue weighted by molar-refractivity contribution is -0.133. The number of hydrogen-bond acceptors (Lipinski definition) is 5. The number of ether oxygens (including phenoxy) is 2. The quantitative estimate of drug-likeness (QED) is 0.884. The van der Waals surface area contributed by atoms with Crippen molar-refractivity contribution in [3.8, 4) is 17.6 Å². The summed E-state index contributed by atoms with van der Waals surface area (Å²) in [4.78, 5) is 14.5. The smallest absolute Gasteiger partial charge is 0.240 e. The summed E-state index contributed by atoms with van der Waals surface area (Å²) in [7, 11) is 3.29. The van der Waals surface area contributed by atoms with Gasteiger partial charge < -0.3 is 19.7 Å². The molecule has 0 aromatic heterocycles. The van der Waals surface area contributed by atoms with E-state index in [9.17, 15) is 10.1 Å². The van der Waals surface area contributed by atoms with Crippen molar-refractivity contribution in [2.75, 3.05) is 27.3 Å². The lowest BCUT2D eigenvalue weighted by Gasteiger charge is -2.23. The maximum absolute atomic E-state index is 12.7. The van der Waals surface area contributed by atoms with Gasteiger partial charge in [0.1, 0.15) is 17.5 Å². The molecule has 1 aromatic carbocycles. The number of rotatable bonds is 4. The highest BCUT2D eigenvalue weighted by Gasteiger charge is 2.38. The number of nitrogens with zero attached hydrogens (tertiary/aromatic N) is 2. The Hall–Kier alpha value is -1.97. The molecule has 3 atom stereocenters. The number of carbonyl (C=O) groups excluding carboxylic acids is 1. The molecular formula is C18H24ClN3O3. The fourth-order valence-electron chi connectivity index (χ4n) is 3.68. The van der Waals surface area contributed by atoms with E-state index < -0.39 is 0 Å². The first kappa shape index (κ1) is 19.4. The summed E-state index contributed by atoms with van der Waals surface area (Å²) in [6, 6.07) is 7.47. The fourth-order valence-corrected chi connectivity index (χ4v) is 3.68. The van der Waals surface area contributed by atoms with Crippen LogP contribution in [0, 0.1) is 11.3 Å². The van der Waals surface area contributed by atoms with Crippen LogP contribution in [0.5, 0.6) is 11.5 Å². The van der Waals surface area contributed by atoms with Crippen LogP contribution < -0.4 is 14.8 Å². The Bertz CT molecular complexity index is 661. The Balaban J connectivity index is 0.00000225. The molecule has 2 saturated heterocycles. The van der Waals surface area contributed by atoms with Gasteiger partial charge in [-0.05, 0) is 37.5 Å². The molecule has 2 fully saturated rings. The highest BCUT2D eigenvalue weighted by molar-refractivity contribution is 5.85. The van der Waals surface area contributed by atoms with E-state index in [0.29, 0.717) is 19.5 Å². The fraction of sp³-hybridized carbons (Fsp3) is 0.556. The summed E-state index contributed by atoms with van der Waals surface area (Å²) in [6.45, 7) is 1.40. The first-order chi connectivity index (χ1) is 11.7. The van der Waals surface area contributed by atoms with Crippen LogP contribution in [0.4, 0.5) is 0 Å². The number of nitriles is 1. The number of amides is 1. The highest BCUT2D eigenvalue weighted by atomic mass is 35.5. The van der Waals surface area contributed by atoms with Crippen LogP contribution in [0.25, 0.3) is 0 Å². The normalized spacial score (nSPS) is 25.2. The van der Waals surface area contributed by atoms with Crippen molar-refractivity contribution < 1.29 is 14.3 Å². The second kappa shape index (κ2) is 8.41. The van der Waals surface area contributed by atoms with Gasteiger partial charge in [0, 0.05) is 24.6 Å². The Morgan fingerprint density at radius 3 is 2.84 bits per heavy atom. The van der Waals surface area contributed by atoms with Crippen molar-refractivity contribution >= 4 is 18.3 Å². The topological polar surface area (TPSA) is 74.6 Å². The van der Waals surface area contributed by atoms with Gasteiger partial charge in [-0.15, -0.1) is 12.4 Å². The summed E-state index contributed by atoms with van der Waals surface area (Å²) in [5, 5.41) is 12.5. The lowest BCUT2D eigenvalue weighted by Crippen LogP contribution is -2.45. The summed E-state index contributed by atoms with van der Waals surface area (Å²) >= 11 is 0. The second-order valence-electron chi connectivity index (χ2n) is 6.32. The van der Waals surface area contributed by atoms with Gasteiger partial charge in [0.15, 0.2) is 0 Å². The molecule has 2 heterocycles. The third-order valence-electron chi connectivity index (χ3n) is 4.99. The molecule has 1 amide bonds. The van der Waals surface area contributed by atoms with Gasteiger partial charge in [0.05, 0.1) is 26.3 Å². The molecular weight excluding hydrogens is 342 g/mol. The molecule has 2 aliphatic heterocycles. The van der Waals surface area contributed by atoms with E-state index in [4.69, 9.17) is 9.47 Å². The monoisotopic (exact) mass is 365 g/mol. The Kier molecular flexibility index (Phi) is 6.51. The zero-order chi connectivity index (χ0) is 17.1. The van der Waals surface area contributed by atoms with Crippen molar-refractivity contribution in [2.24, 2.45) is 0 Å². The average molecular weight is 366 g/mol. The van der Waals surface area contributed by atoms with Crippen LogP contribution in [0.2, 0.25) is 0 Å². The van der Waals surface area contributed by atoms with E-state index in [1.54, 1.807) is 19.1 Å². The molecule has 6 nitrogen and oxygen atoms in total. The summed E-state index contributed by atoms with van der Waals surface area (Å²) < 4.78 is 10.8. The molecule has 2 aliphatic rings. The van der Waals surface area contributed by atoms with E-state index >= 15 is 0 Å². The minimum atomic E-state index is -0.273. The Morgan fingerprint density at radius 1 is 1.36 bits per heavy atom. The third kappa shape index (κ3) is 3.83. The van der Waals surface area contributed by atoms with Crippen LogP contribution in [0.3, 0.4) is 0 Å². The van der Waals surface area contributed by atoms with E-state index in [1.807, 2.05) is 18.2 Å². The molecule has 3 rings (SSSR count). The standard InChI is InChI=1S/C18H23N3O3.ClH/c1-23-14-5-6-17(24-2)15(9-14)12-8-16(20-11-12)18(22)21-7-3-4-13(21)10-19;/h5-6,9,12-13,16,20H,3-4,7-8,11H2,1-2H3;1H/t12-,13-,16-;/m0./s1. The average Bonchev–Trinajstić information content (AvgIpc) is 3.29. The summed E-state index contributed by atoms with van der Waals surface area (Å²) in [5.74, 6) is 1.83. The minimum absolute atomic E-state index is 0. The van der Waals surface area contributed by atoms with Crippen molar-refractivity contribution in [3.05, 3.63) is 23.8 Å². The van der Waals surface area contributed by atoms with E-state index in [2.05, 4.69) is 11.4 Å². The number of methoxy groups -OCH3 is 2. The number of carbonyl (C=O) groups is 1. The zero-order valence-corrected chi connectivity index (χ0v) is 15.3. The molecule has 0 bridgehead atoms. The summed E-state index contributed by atoms with van der Waals surface area (Å²) in [6.07, 6.45) is 2.39. The first-order valence-electron chi connectivity index (χ1n) is 8.33. The molecule has 0 spiro atoms. The zero-order valence-electron chi connectivity index (χ0n) is 14.5. The van der Waals surface area contributed by atoms with Gasteiger partial charge in [-0.1, -0.05) is 0 Å². The van der Waals surface area contributed by atoms with Gasteiger partial charge >= 0.3 is 0 Å². The van der Waals surface area contributed by atoms with Crippen molar-refractivity contribution in [3.63, 3.8) is 0 Å².